The molecule has 4 nitrogen and oxygen atoms in total. The summed E-state index contributed by atoms with van der Waals surface area (Å²) < 4.78 is 5.23. The van der Waals surface area contributed by atoms with E-state index in [1.165, 1.54) is 18.2 Å². The molecule has 0 radical (unpaired) electrons. The van der Waals surface area contributed by atoms with Gasteiger partial charge in [0, 0.05) is 5.56 Å². The van der Waals surface area contributed by atoms with Crippen molar-refractivity contribution < 1.29 is 19.4 Å². The molecule has 0 aliphatic rings. The average molecular weight is 312 g/mol. The first-order chi connectivity index (χ1) is 10.8. The second-order valence-electron chi connectivity index (χ2n) is 5.71. The van der Waals surface area contributed by atoms with Crippen molar-refractivity contribution in [2.24, 2.45) is 0 Å². The summed E-state index contributed by atoms with van der Waals surface area (Å²) in [5, 5.41) is 9.40. The quantitative estimate of drug-likeness (QED) is 0.690. The van der Waals surface area contributed by atoms with E-state index in [9.17, 15) is 14.7 Å². The van der Waals surface area contributed by atoms with Gasteiger partial charge in [-0.1, -0.05) is 12.1 Å². The van der Waals surface area contributed by atoms with Crippen molar-refractivity contribution in [1.29, 1.82) is 0 Å². The smallest absolute Gasteiger partial charge is 0.338 e. The molecule has 0 saturated carbocycles. The Labute approximate surface area is 135 Å². The van der Waals surface area contributed by atoms with E-state index < -0.39 is 12.1 Å². The standard InChI is InChI=1S/C19H20O4/c1-11-8-13(3)17(9-12(11)2)18(21)14(4)23-19(22)15-6-5-7-16(20)10-15/h5-10,14,20H,1-4H3/t14-/m1/s1. The van der Waals surface area contributed by atoms with E-state index >= 15 is 0 Å². The number of esters is 1. The van der Waals surface area contributed by atoms with Gasteiger partial charge in [-0.2, -0.15) is 0 Å². The van der Waals surface area contributed by atoms with Crippen molar-refractivity contribution >= 4 is 11.8 Å². The van der Waals surface area contributed by atoms with E-state index in [4.69, 9.17) is 4.74 Å². The minimum Gasteiger partial charge on any atom is -0.508 e. The zero-order chi connectivity index (χ0) is 17.1. The van der Waals surface area contributed by atoms with Gasteiger partial charge in [-0.25, -0.2) is 4.79 Å². The van der Waals surface area contributed by atoms with Crippen LogP contribution in [0.5, 0.6) is 5.75 Å². The number of aromatic hydroxyl groups is 1. The molecule has 120 valence electrons. The van der Waals surface area contributed by atoms with Gasteiger partial charge in [0.1, 0.15) is 5.75 Å². The highest BCUT2D eigenvalue weighted by Gasteiger charge is 2.22. The number of hydrogen-bond donors (Lipinski definition) is 1. The first kappa shape index (κ1) is 16.7. The molecule has 4 heteroatoms. The monoisotopic (exact) mass is 312 g/mol. The van der Waals surface area contributed by atoms with Crippen LogP contribution in [0.2, 0.25) is 0 Å². The van der Waals surface area contributed by atoms with Gasteiger partial charge in [-0.05, 0) is 68.7 Å². The van der Waals surface area contributed by atoms with Gasteiger partial charge in [0.15, 0.2) is 6.10 Å². The third-order valence-corrected chi connectivity index (χ3v) is 3.84. The van der Waals surface area contributed by atoms with Gasteiger partial charge in [-0.15, -0.1) is 0 Å². The van der Waals surface area contributed by atoms with Crippen molar-refractivity contribution in [2.75, 3.05) is 0 Å². The van der Waals surface area contributed by atoms with Crippen LogP contribution in [0.25, 0.3) is 0 Å². The molecule has 23 heavy (non-hydrogen) atoms. The third kappa shape index (κ3) is 3.77. The van der Waals surface area contributed by atoms with Crippen LogP contribution in [0.1, 0.15) is 44.3 Å². The van der Waals surface area contributed by atoms with Gasteiger partial charge < -0.3 is 9.84 Å². The van der Waals surface area contributed by atoms with Crippen molar-refractivity contribution in [1.82, 2.24) is 0 Å². The van der Waals surface area contributed by atoms with Crippen LogP contribution in [0.4, 0.5) is 0 Å². The number of carbonyl (C=O) groups excluding carboxylic acids is 2. The minimum absolute atomic E-state index is 0.0246. The summed E-state index contributed by atoms with van der Waals surface area (Å²) in [6.45, 7) is 7.35. The zero-order valence-corrected chi connectivity index (χ0v) is 13.7. The van der Waals surface area contributed by atoms with Gasteiger partial charge in [0.2, 0.25) is 5.78 Å². The molecular weight excluding hydrogens is 292 g/mol. The summed E-state index contributed by atoms with van der Waals surface area (Å²) in [4.78, 5) is 24.6. The Morgan fingerprint density at radius 2 is 1.65 bits per heavy atom. The zero-order valence-electron chi connectivity index (χ0n) is 13.7. The first-order valence-corrected chi connectivity index (χ1v) is 7.41. The predicted molar refractivity (Wildman–Crippen MR) is 88.0 cm³/mol. The van der Waals surface area contributed by atoms with Crippen LogP contribution in [0.3, 0.4) is 0 Å². The summed E-state index contributed by atoms with van der Waals surface area (Å²) in [5.74, 6) is -0.897. The van der Waals surface area contributed by atoms with Crippen LogP contribution in [-0.4, -0.2) is 23.0 Å². The van der Waals surface area contributed by atoms with Crippen molar-refractivity contribution in [2.45, 2.75) is 33.8 Å². The molecule has 0 aliphatic carbocycles. The highest BCUT2D eigenvalue weighted by atomic mass is 16.5. The molecule has 1 N–H and O–H groups in total. The molecule has 0 fully saturated rings. The SMILES string of the molecule is Cc1cc(C)c(C(=O)[C@@H](C)OC(=O)c2cccc(O)c2)cc1C. The maximum absolute atomic E-state index is 12.5. The molecule has 0 spiro atoms. The summed E-state index contributed by atoms with van der Waals surface area (Å²) in [6.07, 6.45) is -0.898. The van der Waals surface area contributed by atoms with E-state index in [1.807, 2.05) is 32.9 Å². The maximum atomic E-state index is 12.5. The van der Waals surface area contributed by atoms with Crippen molar-refractivity contribution in [3.05, 3.63) is 64.2 Å². The van der Waals surface area contributed by atoms with E-state index in [0.717, 1.165) is 16.7 Å². The fraction of sp³-hybridized carbons (Fsp3) is 0.263. The lowest BCUT2D eigenvalue weighted by atomic mass is 9.96. The molecule has 0 heterocycles. The Hall–Kier alpha value is -2.62. The fourth-order valence-electron chi connectivity index (χ4n) is 2.36. The van der Waals surface area contributed by atoms with Crippen molar-refractivity contribution in [3.63, 3.8) is 0 Å². The van der Waals surface area contributed by atoms with Crippen LogP contribution >= 0.6 is 0 Å². The van der Waals surface area contributed by atoms with E-state index in [2.05, 4.69) is 0 Å². The molecule has 0 amide bonds. The Kier molecular flexibility index (Phi) is 4.84. The van der Waals surface area contributed by atoms with E-state index in [-0.39, 0.29) is 17.1 Å². The number of benzene rings is 2. The summed E-state index contributed by atoms with van der Waals surface area (Å²) in [5.41, 5.74) is 3.76. The molecular formula is C19H20O4. The second-order valence-corrected chi connectivity index (χ2v) is 5.71. The Bertz CT molecular complexity index is 762. The van der Waals surface area contributed by atoms with Gasteiger partial charge >= 0.3 is 5.97 Å². The lowest BCUT2D eigenvalue weighted by molar-refractivity contribution is 0.0318. The Balaban J connectivity index is 2.17. The molecule has 2 aromatic carbocycles. The largest absolute Gasteiger partial charge is 0.508 e. The predicted octanol–water partition coefficient (Wildman–Crippen LogP) is 3.75. The van der Waals surface area contributed by atoms with Gasteiger partial charge in [0.25, 0.3) is 0 Å². The Morgan fingerprint density at radius 3 is 2.30 bits per heavy atom. The van der Waals surface area contributed by atoms with Crippen LogP contribution < -0.4 is 0 Å². The number of phenolic OH excluding ortho intramolecular Hbond substituents is 1. The number of hydrogen-bond acceptors (Lipinski definition) is 4. The minimum atomic E-state index is -0.898. The lowest BCUT2D eigenvalue weighted by Crippen LogP contribution is -2.25. The Morgan fingerprint density at radius 1 is 1.00 bits per heavy atom. The highest BCUT2D eigenvalue weighted by molar-refractivity contribution is 6.02. The molecule has 2 rings (SSSR count). The normalized spacial score (nSPS) is 11.8. The summed E-state index contributed by atoms with van der Waals surface area (Å²) in [6, 6.07) is 9.62. The summed E-state index contributed by atoms with van der Waals surface area (Å²) in [7, 11) is 0. The summed E-state index contributed by atoms with van der Waals surface area (Å²) >= 11 is 0. The van der Waals surface area contributed by atoms with E-state index in [0.29, 0.717) is 5.56 Å². The average Bonchev–Trinajstić information content (AvgIpc) is 2.50. The first-order valence-electron chi connectivity index (χ1n) is 7.41. The number of ketones is 1. The molecule has 1 atom stereocenters. The number of Topliss-reactive ketones (excluding diaryl/α,β-unsaturated/α-hetero) is 1. The molecule has 2 aromatic rings. The van der Waals surface area contributed by atoms with Crippen LogP contribution in [0.15, 0.2) is 36.4 Å². The number of phenols is 1. The van der Waals surface area contributed by atoms with Gasteiger partial charge in [0.05, 0.1) is 5.56 Å². The number of ether oxygens (including phenoxy) is 1. The maximum Gasteiger partial charge on any atom is 0.338 e. The second kappa shape index (κ2) is 6.65. The number of rotatable bonds is 4. The fourth-order valence-corrected chi connectivity index (χ4v) is 2.36. The topological polar surface area (TPSA) is 63.6 Å². The lowest BCUT2D eigenvalue weighted by Gasteiger charge is -2.15. The van der Waals surface area contributed by atoms with Crippen LogP contribution in [0, 0.1) is 20.8 Å². The number of carbonyl (C=O) groups is 2. The van der Waals surface area contributed by atoms with Gasteiger partial charge in [-0.3, -0.25) is 4.79 Å². The molecule has 0 aliphatic heterocycles. The highest BCUT2D eigenvalue weighted by Crippen LogP contribution is 2.19. The molecule has 0 bridgehead atoms. The molecule has 0 unspecified atom stereocenters. The molecule has 0 aromatic heterocycles. The van der Waals surface area contributed by atoms with Crippen molar-refractivity contribution in [3.8, 4) is 5.75 Å². The number of aryl methyl sites for hydroxylation is 3. The van der Waals surface area contributed by atoms with E-state index in [1.54, 1.807) is 13.0 Å². The van der Waals surface area contributed by atoms with Crippen LogP contribution in [-0.2, 0) is 4.74 Å². The molecule has 0 saturated heterocycles. The third-order valence-electron chi connectivity index (χ3n) is 3.84.